The molecule has 3 N–H and O–H groups in total. The molecule has 0 fully saturated rings. The number of benzene rings is 2. The lowest BCUT2D eigenvalue weighted by Crippen LogP contribution is -2.32. The van der Waals surface area contributed by atoms with Gasteiger partial charge in [0.25, 0.3) is 0 Å². The molecule has 3 nitrogen and oxygen atoms in total. The zero-order valence-electron chi connectivity index (χ0n) is 9.17. The highest BCUT2D eigenvalue weighted by Gasteiger charge is 2.13. The van der Waals surface area contributed by atoms with Gasteiger partial charge in [0.1, 0.15) is 6.04 Å². The second-order valence-corrected chi connectivity index (χ2v) is 3.79. The third-order valence-corrected chi connectivity index (χ3v) is 2.64. The molecule has 0 saturated heterocycles. The van der Waals surface area contributed by atoms with Crippen LogP contribution in [0.25, 0.3) is 10.8 Å². The molecular formula is C13H14ClNO2. The van der Waals surface area contributed by atoms with E-state index in [0.717, 1.165) is 16.3 Å². The molecule has 90 valence electrons. The van der Waals surface area contributed by atoms with Gasteiger partial charge in [-0.2, -0.15) is 0 Å². The van der Waals surface area contributed by atoms with E-state index < -0.39 is 12.0 Å². The largest absolute Gasteiger partial charge is 0.480 e. The van der Waals surface area contributed by atoms with Crippen molar-refractivity contribution in [1.82, 2.24) is 0 Å². The Hall–Kier alpha value is -1.58. The summed E-state index contributed by atoms with van der Waals surface area (Å²) in [4.78, 5) is 10.7. The van der Waals surface area contributed by atoms with Crippen LogP contribution in [-0.4, -0.2) is 17.1 Å². The smallest absolute Gasteiger partial charge is 0.320 e. The quantitative estimate of drug-likeness (QED) is 0.879. The zero-order chi connectivity index (χ0) is 11.5. The fraction of sp³-hybridized carbons (Fsp3) is 0.154. The molecule has 0 spiro atoms. The number of rotatable bonds is 3. The van der Waals surface area contributed by atoms with Crippen LogP contribution in [0, 0.1) is 0 Å². The first-order chi connectivity index (χ1) is 7.68. The molecule has 0 amide bonds. The third kappa shape index (κ3) is 2.96. The molecule has 0 aliphatic carbocycles. The van der Waals surface area contributed by atoms with Gasteiger partial charge in [-0.25, -0.2) is 0 Å². The van der Waals surface area contributed by atoms with Crippen LogP contribution >= 0.6 is 12.4 Å². The topological polar surface area (TPSA) is 63.3 Å². The second kappa shape index (κ2) is 5.66. The van der Waals surface area contributed by atoms with E-state index in [1.807, 2.05) is 42.5 Å². The van der Waals surface area contributed by atoms with Gasteiger partial charge in [0.15, 0.2) is 0 Å². The fourth-order valence-electron chi connectivity index (χ4n) is 1.79. The number of carboxylic acids is 1. The number of carboxylic acid groups (broad SMARTS) is 1. The summed E-state index contributed by atoms with van der Waals surface area (Å²) in [6.07, 6.45) is 0.358. The van der Waals surface area contributed by atoms with Crippen LogP contribution in [-0.2, 0) is 11.2 Å². The Morgan fingerprint density at radius 2 is 1.82 bits per heavy atom. The minimum atomic E-state index is -0.965. The summed E-state index contributed by atoms with van der Waals surface area (Å²) in [7, 11) is 0. The van der Waals surface area contributed by atoms with Crippen LogP contribution in [0.15, 0.2) is 42.5 Å². The lowest BCUT2D eigenvalue weighted by molar-refractivity contribution is -0.138. The molecule has 0 aliphatic rings. The monoisotopic (exact) mass is 251 g/mol. The Kier molecular flexibility index (Phi) is 4.49. The first kappa shape index (κ1) is 13.5. The van der Waals surface area contributed by atoms with E-state index in [0.29, 0.717) is 6.42 Å². The highest BCUT2D eigenvalue weighted by molar-refractivity contribution is 5.86. The summed E-state index contributed by atoms with van der Waals surface area (Å²) in [6.45, 7) is 0. The lowest BCUT2D eigenvalue weighted by atomic mass is 9.99. The summed E-state index contributed by atoms with van der Waals surface area (Å²) in [5.41, 5.74) is 6.52. The molecule has 0 radical (unpaired) electrons. The molecule has 2 rings (SSSR count). The fourth-order valence-corrected chi connectivity index (χ4v) is 1.79. The zero-order valence-corrected chi connectivity index (χ0v) is 9.98. The van der Waals surface area contributed by atoms with Gasteiger partial charge >= 0.3 is 5.97 Å². The Balaban J connectivity index is 0.00000144. The maximum absolute atomic E-state index is 10.7. The van der Waals surface area contributed by atoms with Crippen LogP contribution in [0.3, 0.4) is 0 Å². The first-order valence-electron chi connectivity index (χ1n) is 5.13. The Labute approximate surface area is 106 Å². The van der Waals surface area contributed by atoms with Gasteiger partial charge in [-0.1, -0.05) is 42.5 Å². The summed E-state index contributed by atoms with van der Waals surface area (Å²) in [6, 6.07) is 12.9. The average molecular weight is 252 g/mol. The van der Waals surface area contributed by atoms with E-state index in [4.69, 9.17) is 10.8 Å². The minimum Gasteiger partial charge on any atom is -0.480 e. The Morgan fingerprint density at radius 1 is 1.18 bits per heavy atom. The number of aliphatic carboxylic acids is 1. The average Bonchev–Trinajstić information content (AvgIpc) is 2.29. The summed E-state index contributed by atoms with van der Waals surface area (Å²) in [5.74, 6) is -0.965. The highest BCUT2D eigenvalue weighted by atomic mass is 35.5. The van der Waals surface area contributed by atoms with E-state index in [1.54, 1.807) is 0 Å². The summed E-state index contributed by atoms with van der Waals surface area (Å²) in [5, 5.41) is 11.0. The van der Waals surface area contributed by atoms with Crippen molar-refractivity contribution in [2.24, 2.45) is 5.73 Å². The summed E-state index contributed by atoms with van der Waals surface area (Å²) < 4.78 is 0. The molecule has 2 aromatic carbocycles. The number of carbonyl (C=O) groups is 1. The molecule has 1 atom stereocenters. The maximum Gasteiger partial charge on any atom is 0.320 e. The van der Waals surface area contributed by atoms with Crippen molar-refractivity contribution in [2.75, 3.05) is 0 Å². The SMILES string of the molecule is Cl.NC(Cc1cccc2ccccc12)C(=O)O. The molecule has 0 heterocycles. The van der Waals surface area contributed by atoms with Crippen molar-refractivity contribution >= 4 is 29.1 Å². The van der Waals surface area contributed by atoms with E-state index in [2.05, 4.69) is 0 Å². The predicted octanol–water partition coefficient (Wildman–Crippen LogP) is 2.22. The van der Waals surface area contributed by atoms with Gasteiger partial charge < -0.3 is 10.8 Å². The number of fused-ring (bicyclic) bond motifs is 1. The molecule has 1 unspecified atom stereocenters. The van der Waals surface area contributed by atoms with Gasteiger partial charge in [-0.05, 0) is 22.8 Å². The molecular weight excluding hydrogens is 238 g/mol. The first-order valence-corrected chi connectivity index (χ1v) is 5.13. The van der Waals surface area contributed by atoms with Crippen molar-refractivity contribution in [1.29, 1.82) is 0 Å². The van der Waals surface area contributed by atoms with Crippen molar-refractivity contribution in [2.45, 2.75) is 12.5 Å². The molecule has 2 aromatic rings. The van der Waals surface area contributed by atoms with Gasteiger partial charge in [0.05, 0.1) is 0 Å². The van der Waals surface area contributed by atoms with Crippen LogP contribution < -0.4 is 5.73 Å². The standard InChI is InChI=1S/C13H13NO2.ClH/c14-12(13(15)16)8-10-6-3-5-9-4-1-2-7-11(9)10;/h1-7,12H,8,14H2,(H,15,16);1H. The van der Waals surface area contributed by atoms with Crippen LogP contribution in [0.5, 0.6) is 0 Å². The molecule has 0 aromatic heterocycles. The highest BCUT2D eigenvalue weighted by Crippen LogP contribution is 2.19. The molecule has 0 aliphatic heterocycles. The molecule has 0 bridgehead atoms. The van der Waals surface area contributed by atoms with Gasteiger partial charge in [0, 0.05) is 0 Å². The number of hydrogen-bond acceptors (Lipinski definition) is 2. The molecule has 4 heteroatoms. The summed E-state index contributed by atoms with van der Waals surface area (Å²) >= 11 is 0. The van der Waals surface area contributed by atoms with Gasteiger partial charge in [-0.3, -0.25) is 4.79 Å². The van der Waals surface area contributed by atoms with Crippen molar-refractivity contribution in [3.63, 3.8) is 0 Å². The normalized spacial score (nSPS) is 11.8. The molecule has 17 heavy (non-hydrogen) atoms. The van der Waals surface area contributed by atoms with Crippen LogP contribution in [0.1, 0.15) is 5.56 Å². The van der Waals surface area contributed by atoms with Crippen LogP contribution in [0.2, 0.25) is 0 Å². The minimum absolute atomic E-state index is 0. The maximum atomic E-state index is 10.7. The van der Waals surface area contributed by atoms with Crippen molar-refractivity contribution in [3.8, 4) is 0 Å². The molecule has 0 saturated carbocycles. The Morgan fingerprint density at radius 3 is 2.53 bits per heavy atom. The van der Waals surface area contributed by atoms with E-state index in [9.17, 15) is 4.79 Å². The van der Waals surface area contributed by atoms with Crippen molar-refractivity contribution < 1.29 is 9.90 Å². The van der Waals surface area contributed by atoms with Gasteiger partial charge in [-0.15, -0.1) is 12.4 Å². The van der Waals surface area contributed by atoms with E-state index in [-0.39, 0.29) is 12.4 Å². The number of hydrogen-bond donors (Lipinski definition) is 2. The van der Waals surface area contributed by atoms with Gasteiger partial charge in [0.2, 0.25) is 0 Å². The number of halogens is 1. The number of nitrogens with two attached hydrogens (primary N) is 1. The van der Waals surface area contributed by atoms with Crippen LogP contribution in [0.4, 0.5) is 0 Å². The van der Waals surface area contributed by atoms with E-state index >= 15 is 0 Å². The lowest BCUT2D eigenvalue weighted by Gasteiger charge is -2.09. The predicted molar refractivity (Wildman–Crippen MR) is 70.5 cm³/mol. The third-order valence-electron chi connectivity index (χ3n) is 2.64. The second-order valence-electron chi connectivity index (χ2n) is 3.79. The van der Waals surface area contributed by atoms with Crippen molar-refractivity contribution in [3.05, 3.63) is 48.0 Å². The Bertz CT molecular complexity index is 522. The van der Waals surface area contributed by atoms with E-state index in [1.165, 1.54) is 0 Å².